The molecule has 0 amide bonds. The van der Waals surface area contributed by atoms with Gasteiger partial charge in [-0.2, -0.15) is 5.10 Å². The van der Waals surface area contributed by atoms with E-state index in [9.17, 15) is 4.79 Å². The van der Waals surface area contributed by atoms with Gasteiger partial charge >= 0.3 is 5.97 Å². The van der Waals surface area contributed by atoms with Gasteiger partial charge in [0.1, 0.15) is 17.6 Å². The number of carbonyl (C=O) groups is 1. The van der Waals surface area contributed by atoms with Gasteiger partial charge in [-0.3, -0.25) is 0 Å². The number of hydrogen-bond acceptors (Lipinski definition) is 6. The smallest absolute Gasteiger partial charge is 0.341 e. The van der Waals surface area contributed by atoms with Gasteiger partial charge in [-0.25, -0.2) is 19.4 Å². The van der Waals surface area contributed by atoms with E-state index in [1.165, 1.54) is 12.5 Å². The number of ether oxygens (including phenoxy) is 2. The highest BCUT2D eigenvalue weighted by Crippen LogP contribution is 2.25. The van der Waals surface area contributed by atoms with Gasteiger partial charge < -0.3 is 9.47 Å². The van der Waals surface area contributed by atoms with Crippen molar-refractivity contribution >= 4 is 5.97 Å². The molecule has 7 heteroatoms. The first-order valence-electron chi connectivity index (χ1n) is 8.29. The molecule has 0 unspecified atom stereocenters. The number of nitrogens with zero attached hydrogens (tertiary/aromatic N) is 4. The molecule has 0 radical (unpaired) electrons. The van der Waals surface area contributed by atoms with Crippen LogP contribution in [0, 0.1) is 20.8 Å². The maximum absolute atomic E-state index is 12.0. The van der Waals surface area contributed by atoms with Crippen LogP contribution < -0.4 is 4.74 Å². The van der Waals surface area contributed by atoms with Crippen LogP contribution in [0.1, 0.15) is 34.1 Å². The van der Waals surface area contributed by atoms with E-state index in [4.69, 9.17) is 9.47 Å². The number of rotatable bonds is 5. The van der Waals surface area contributed by atoms with E-state index in [0.717, 1.165) is 16.9 Å². The van der Waals surface area contributed by atoms with E-state index in [2.05, 4.69) is 15.1 Å². The first-order chi connectivity index (χ1) is 12.5. The van der Waals surface area contributed by atoms with Crippen molar-refractivity contribution in [3.63, 3.8) is 0 Å². The van der Waals surface area contributed by atoms with Crippen LogP contribution in [0.3, 0.4) is 0 Å². The number of hydrogen-bond donors (Lipinski definition) is 0. The molecule has 0 fully saturated rings. The zero-order chi connectivity index (χ0) is 18.7. The summed E-state index contributed by atoms with van der Waals surface area (Å²) < 4.78 is 12.5. The fourth-order valence-electron chi connectivity index (χ4n) is 2.48. The third kappa shape index (κ3) is 3.56. The number of aryl methyl sites for hydroxylation is 2. The second-order valence-corrected chi connectivity index (χ2v) is 5.86. The highest BCUT2D eigenvalue weighted by atomic mass is 16.5. The predicted octanol–water partition coefficient (Wildman–Crippen LogP) is 3.56. The van der Waals surface area contributed by atoms with E-state index in [1.807, 2.05) is 32.0 Å². The van der Waals surface area contributed by atoms with Crippen molar-refractivity contribution in [3.8, 4) is 17.4 Å². The molecular weight excluding hydrogens is 332 g/mol. The van der Waals surface area contributed by atoms with Crippen LogP contribution >= 0.6 is 0 Å². The minimum atomic E-state index is -0.405. The molecule has 0 spiro atoms. The Labute approximate surface area is 151 Å². The van der Waals surface area contributed by atoms with Gasteiger partial charge in [-0.15, -0.1) is 0 Å². The van der Waals surface area contributed by atoms with Crippen molar-refractivity contribution in [1.29, 1.82) is 0 Å². The van der Waals surface area contributed by atoms with Crippen LogP contribution in [0.5, 0.6) is 11.6 Å². The average Bonchev–Trinajstić information content (AvgIpc) is 3.00. The molecule has 0 aliphatic carbocycles. The Kier molecular flexibility index (Phi) is 4.97. The summed E-state index contributed by atoms with van der Waals surface area (Å²) in [6, 6.07) is 7.65. The highest BCUT2D eigenvalue weighted by molar-refractivity contribution is 5.90. The summed E-state index contributed by atoms with van der Waals surface area (Å²) in [5, 5.41) is 4.24. The molecule has 3 rings (SSSR count). The average molecular weight is 352 g/mol. The van der Waals surface area contributed by atoms with E-state index in [1.54, 1.807) is 24.6 Å². The van der Waals surface area contributed by atoms with E-state index >= 15 is 0 Å². The maximum atomic E-state index is 12.0. The molecule has 0 N–H and O–H groups in total. The summed E-state index contributed by atoms with van der Waals surface area (Å²) in [7, 11) is 0. The van der Waals surface area contributed by atoms with Crippen molar-refractivity contribution in [2.45, 2.75) is 27.7 Å². The van der Waals surface area contributed by atoms with Crippen molar-refractivity contribution in [1.82, 2.24) is 19.7 Å². The van der Waals surface area contributed by atoms with Crippen molar-refractivity contribution in [2.75, 3.05) is 6.61 Å². The van der Waals surface area contributed by atoms with Crippen LogP contribution in [-0.2, 0) is 4.74 Å². The van der Waals surface area contributed by atoms with Crippen molar-refractivity contribution in [2.24, 2.45) is 0 Å². The Balaban J connectivity index is 1.90. The predicted molar refractivity (Wildman–Crippen MR) is 95.8 cm³/mol. The lowest BCUT2D eigenvalue weighted by atomic mass is 10.1. The quantitative estimate of drug-likeness (QED) is 0.653. The lowest BCUT2D eigenvalue weighted by Crippen LogP contribution is -2.08. The zero-order valence-electron chi connectivity index (χ0n) is 15.2. The lowest BCUT2D eigenvalue weighted by molar-refractivity contribution is 0.0525. The Morgan fingerprint density at radius 1 is 1.15 bits per heavy atom. The highest BCUT2D eigenvalue weighted by Gasteiger charge is 2.17. The molecule has 134 valence electrons. The van der Waals surface area contributed by atoms with Crippen molar-refractivity contribution in [3.05, 3.63) is 59.2 Å². The van der Waals surface area contributed by atoms with Gasteiger partial charge in [0.05, 0.1) is 18.5 Å². The summed E-state index contributed by atoms with van der Waals surface area (Å²) in [5.41, 5.74) is 3.15. The molecule has 0 saturated heterocycles. The molecule has 26 heavy (non-hydrogen) atoms. The summed E-state index contributed by atoms with van der Waals surface area (Å²) >= 11 is 0. The molecule has 0 bridgehead atoms. The van der Waals surface area contributed by atoms with Crippen LogP contribution in [-0.4, -0.2) is 32.3 Å². The molecule has 0 saturated carbocycles. The third-order valence-corrected chi connectivity index (χ3v) is 3.91. The molecule has 7 nitrogen and oxygen atoms in total. The molecule has 0 aliphatic heterocycles. The molecule has 1 aromatic carbocycles. The number of benzene rings is 1. The molecule has 0 aliphatic rings. The lowest BCUT2D eigenvalue weighted by Gasteiger charge is -2.10. The van der Waals surface area contributed by atoms with Gasteiger partial charge in [-0.05, 0) is 44.9 Å². The second-order valence-electron chi connectivity index (χ2n) is 5.86. The van der Waals surface area contributed by atoms with Crippen LogP contribution in [0.15, 0.2) is 36.8 Å². The van der Waals surface area contributed by atoms with Crippen LogP contribution in [0.25, 0.3) is 5.82 Å². The Hall–Kier alpha value is -3.22. The van der Waals surface area contributed by atoms with E-state index in [0.29, 0.717) is 29.6 Å². The van der Waals surface area contributed by atoms with Crippen LogP contribution in [0.4, 0.5) is 0 Å². The molecule has 3 aromatic rings. The summed E-state index contributed by atoms with van der Waals surface area (Å²) in [6.45, 7) is 7.83. The van der Waals surface area contributed by atoms with Crippen LogP contribution in [0.2, 0.25) is 0 Å². The largest absolute Gasteiger partial charge is 0.462 e. The second kappa shape index (κ2) is 7.35. The SMILES string of the molecule is CCOC(=O)c1cnn(-c2cc(Oc3cc(C)ccc3C)ncn2)c1C. The van der Waals surface area contributed by atoms with E-state index < -0.39 is 5.97 Å². The number of carbonyl (C=O) groups excluding carboxylic acids is 1. The minimum absolute atomic E-state index is 0.310. The van der Waals surface area contributed by atoms with Gasteiger partial charge in [-0.1, -0.05) is 12.1 Å². The zero-order valence-corrected chi connectivity index (χ0v) is 15.2. The fourth-order valence-corrected chi connectivity index (χ4v) is 2.48. The molecule has 0 atom stereocenters. The molecule has 2 heterocycles. The minimum Gasteiger partial charge on any atom is -0.462 e. The van der Waals surface area contributed by atoms with E-state index in [-0.39, 0.29) is 0 Å². The Bertz CT molecular complexity index is 950. The normalized spacial score (nSPS) is 10.6. The Morgan fingerprint density at radius 3 is 2.73 bits per heavy atom. The number of aromatic nitrogens is 4. The molecular formula is C19H20N4O3. The molecule has 2 aromatic heterocycles. The first-order valence-corrected chi connectivity index (χ1v) is 8.29. The Morgan fingerprint density at radius 2 is 1.96 bits per heavy atom. The summed E-state index contributed by atoms with van der Waals surface area (Å²) in [4.78, 5) is 20.3. The van der Waals surface area contributed by atoms with Gasteiger partial charge in [0.15, 0.2) is 5.82 Å². The number of esters is 1. The third-order valence-electron chi connectivity index (χ3n) is 3.91. The topological polar surface area (TPSA) is 79.1 Å². The van der Waals surface area contributed by atoms with Gasteiger partial charge in [0, 0.05) is 6.07 Å². The monoisotopic (exact) mass is 352 g/mol. The van der Waals surface area contributed by atoms with Gasteiger partial charge in [0.2, 0.25) is 5.88 Å². The van der Waals surface area contributed by atoms with Crippen molar-refractivity contribution < 1.29 is 14.3 Å². The van der Waals surface area contributed by atoms with Gasteiger partial charge in [0.25, 0.3) is 0 Å². The summed E-state index contributed by atoms with van der Waals surface area (Å²) in [6.07, 6.45) is 2.88. The fraction of sp³-hybridized carbons (Fsp3) is 0.263. The standard InChI is InChI=1S/C19H20N4O3/c1-5-25-19(24)15-10-22-23(14(15)4)17-9-18(21-11-20-17)26-16-8-12(2)6-7-13(16)3/h6-11H,5H2,1-4H3. The maximum Gasteiger partial charge on any atom is 0.341 e. The first kappa shape index (κ1) is 17.6. The summed E-state index contributed by atoms with van der Waals surface area (Å²) in [5.74, 6) is 1.24.